The normalized spacial score (nSPS) is 20.1. The maximum Gasteiger partial charge on any atom is 0.254 e. The largest absolute Gasteiger partial charge is 0.454 e. The molecule has 1 saturated carbocycles. The topological polar surface area (TPSA) is 80.3 Å². The van der Waals surface area contributed by atoms with E-state index in [1.165, 1.54) is 12.8 Å². The molecule has 1 N–H and O–H groups in total. The number of fused-ring (bicyclic) bond motifs is 1. The van der Waals surface area contributed by atoms with Gasteiger partial charge < -0.3 is 24.4 Å². The van der Waals surface area contributed by atoms with Crippen LogP contribution in [0.3, 0.4) is 0 Å². The summed E-state index contributed by atoms with van der Waals surface area (Å²) >= 11 is 0. The van der Waals surface area contributed by atoms with Crippen molar-refractivity contribution in [3.8, 4) is 11.5 Å². The molecule has 0 spiro atoms. The number of nitrogens with one attached hydrogen (secondary N) is 1. The van der Waals surface area contributed by atoms with E-state index in [0.29, 0.717) is 62.3 Å². The van der Waals surface area contributed by atoms with Gasteiger partial charge in [0.2, 0.25) is 12.7 Å². The fraction of sp³-hybridized carbons (Fsp3) is 0.652. The monoisotopic (exact) mass is 431 g/mol. The van der Waals surface area contributed by atoms with Crippen LogP contribution in [-0.2, 0) is 9.53 Å². The van der Waals surface area contributed by atoms with Crippen LogP contribution in [0.25, 0.3) is 0 Å². The summed E-state index contributed by atoms with van der Waals surface area (Å²) < 4.78 is 15.8. The highest BCUT2D eigenvalue weighted by molar-refractivity contribution is 5.95. The van der Waals surface area contributed by atoms with Gasteiger partial charge in [0, 0.05) is 52.0 Å². The molecule has 2 heterocycles. The molecule has 170 valence electrons. The zero-order valence-electron chi connectivity index (χ0n) is 18.3. The zero-order valence-corrected chi connectivity index (χ0v) is 18.3. The molecule has 2 amide bonds. The predicted octanol–water partition coefficient (Wildman–Crippen LogP) is 1.88. The SMILES string of the molecule is COCCCNC(=O)[C@H](C1CCCC1)N1CCN(C(=O)c2ccc3c(c2)OCO3)CC1. The fourth-order valence-corrected chi connectivity index (χ4v) is 4.90. The van der Waals surface area contributed by atoms with Gasteiger partial charge in [0.1, 0.15) is 0 Å². The highest BCUT2D eigenvalue weighted by Gasteiger charge is 2.37. The van der Waals surface area contributed by atoms with Crippen molar-refractivity contribution in [1.29, 1.82) is 0 Å². The van der Waals surface area contributed by atoms with Gasteiger partial charge in [-0.2, -0.15) is 0 Å². The van der Waals surface area contributed by atoms with Crippen molar-refractivity contribution in [3.63, 3.8) is 0 Å². The molecule has 1 aliphatic carbocycles. The van der Waals surface area contributed by atoms with Crippen LogP contribution in [0, 0.1) is 5.92 Å². The van der Waals surface area contributed by atoms with Crippen molar-refractivity contribution in [2.75, 3.05) is 53.2 Å². The smallest absolute Gasteiger partial charge is 0.254 e. The Morgan fingerprint density at radius 3 is 2.61 bits per heavy atom. The Bertz CT molecular complexity index is 772. The first-order valence-electron chi connectivity index (χ1n) is 11.4. The van der Waals surface area contributed by atoms with Gasteiger partial charge in [-0.1, -0.05) is 12.8 Å². The second-order valence-corrected chi connectivity index (χ2v) is 8.52. The van der Waals surface area contributed by atoms with Gasteiger partial charge in [0.05, 0.1) is 6.04 Å². The van der Waals surface area contributed by atoms with Crippen molar-refractivity contribution in [3.05, 3.63) is 23.8 Å². The van der Waals surface area contributed by atoms with Crippen molar-refractivity contribution >= 4 is 11.8 Å². The first-order valence-corrected chi connectivity index (χ1v) is 11.4. The number of carbonyl (C=O) groups excluding carboxylic acids is 2. The van der Waals surface area contributed by atoms with E-state index in [-0.39, 0.29) is 24.6 Å². The average molecular weight is 432 g/mol. The number of hydrogen-bond acceptors (Lipinski definition) is 6. The molecular weight excluding hydrogens is 398 g/mol. The van der Waals surface area contributed by atoms with Crippen LogP contribution >= 0.6 is 0 Å². The number of amides is 2. The Labute approximate surface area is 183 Å². The molecule has 0 aromatic heterocycles. The standard InChI is InChI=1S/C23H33N3O5/c1-29-14-4-9-24-22(27)21(17-5-2-3-6-17)25-10-12-26(13-11-25)23(28)18-7-8-19-20(15-18)31-16-30-19/h7-8,15,17,21H,2-6,9-14,16H2,1H3,(H,24,27)/t21-/m0/s1. The third-order valence-corrected chi connectivity index (χ3v) is 6.55. The van der Waals surface area contributed by atoms with Gasteiger partial charge in [0.25, 0.3) is 5.91 Å². The van der Waals surface area contributed by atoms with E-state index in [0.717, 1.165) is 19.3 Å². The number of benzene rings is 1. The van der Waals surface area contributed by atoms with E-state index in [9.17, 15) is 9.59 Å². The lowest BCUT2D eigenvalue weighted by atomic mass is 9.95. The second-order valence-electron chi connectivity index (χ2n) is 8.52. The third kappa shape index (κ3) is 5.13. The summed E-state index contributed by atoms with van der Waals surface area (Å²) in [5.41, 5.74) is 0.612. The molecular formula is C23H33N3O5. The maximum atomic E-state index is 13.0. The molecule has 2 fully saturated rings. The molecule has 8 heteroatoms. The Morgan fingerprint density at radius 2 is 1.87 bits per heavy atom. The first kappa shape index (κ1) is 21.9. The van der Waals surface area contributed by atoms with E-state index >= 15 is 0 Å². The number of piperazine rings is 1. The molecule has 1 aromatic rings. The van der Waals surface area contributed by atoms with Gasteiger partial charge in [-0.05, 0) is 43.4 Å². The minimum Gasteiger partial charge on any atom is -0.454 e. The minimum absolute atomic E-state index is 0.000571. The Morgan fingerprint density at radius 1 is 1.13 bits per heavy atom. The Balaban J connectivity index is 1.35. The summed E-state index contributed by atoms with van der Waals surface area (Å²) in [6.45, 7) is 4.14. The molecule has 0 bridgehead atoms. The van der Waals surface area contributed by atoms with Gasteiger partial charge in [-0.3, -0.25) is 14.5 Å². The maximum absolute atomic E-state index is 13.0. The summed E-state index contributed by atoms with van der Waals surface area (Å²) in [7, 11) is 1.67. The van der Waals surface area contributed by atoms with Crippen molar-refractivity contribution in [1.82, 2.24) is 15.1 Å². The van der Waals surface area contributed by atoms with Crippen LogP contribution in [0.5, 0.6) is 11.5 Å². The van der Waals surface area contributed by atoms with Crippen LogP contribution in [0.15, 0.2) is 18.2 Å². The van der Waals surface area contributed by atoms with Crippen molar-refractivity contribution in [2.45, 2.75) is 38.1 Å². The molecule has 1 aromatic carbocycles. The number of hydrogen-bond donors (Lipinski definition) is 1. The molecule has 3 aliphatic rings. The highest BCUT2D eigenvalue weighted by Crippen LogP contribution is 2.33. The van der Waals surface area contributed by atoms with Crippen LogP contribution in [0.2, 0.25) is 0 Å². The fourth-order valence-electron chi connectivity index (χ4n) is 4.90. The van der Waals surface area contributed by atoms with E-state index < -0.39 is 0 Å². The number of nitrogens with zero attached hydrogens (tertiary/aromatic N) is 2. The lowest BCUT2D eigenvalue weighted by Crippen LogP contribution is -2.58. The number of carbonyl (C=O) groups is 2. The molecule has 1 atom stereocenters. The quantitative estimate of drug-likeness (QED) is 0.633. The molecule has 8 nitrogen and oxygen atoms in total. The van der Waals surface area contributed by atoms with E-state index in [1.807, 2.05) is 4.90 Å². The van der Waals surface area contributed by atoms with E-state index in [2.05, 4.69) is 10.2 Å². The van der Waals surface area contributed by atoms with Crippen LogP contribution in [-0.4, -0.2) is 80.9 Å². The number of ether oxygens (including phenoxy) is 3. The summed E-state index contributed by atoms with van der Waals surface area (Å²) in [6, 6.07) is 5.23. The highest BCUT2D eigenvalue weighted by atomic mass is 16.7. The minimum atomic E-state index is -0.104. The average Bonchev–Trinajstić information content (AvgIpc) is 3.48. The summed E-state index contributed by atoms with van der Waals surface area (Å²) in [5, 5.41) is 3.11. The van der Waals surface area contributed by atoms with Gasteiger partial charge in [0.15, 0.2) is 11.5 Å². The van der Waals surface area contributed by atoms with Crippen LogP contribution < -0.4 is 14.8 Å². The molecule has 0 unspecified atom stereocenters. The van der Waals surface area contributed by atoms with Crippen molar-refractivity contribution < 1.29 is 23.8 Å². The van der Waals surface area contributed by atoms with Gasteiger partial charge >= 0.3 is 0 Å². The number of rotatable bonds is 8. The molecule has 31 heavy (non-hydrogen) atoms. The Kier molecular flexibility index (Phi) is 7.29. The lowest BCUT2D eigenvalue weighted by Gasteiger charge is -2.40. The zero-order chi connectivity index (χ0) is 21.6. The second kappa shape index (κ2) is 10.3. The van der Waals surface area contributed by atoms with Crippen LogP contribution in [0.4, 0.5) is 0 Å². The van der Waals surface area contributed by atoms with Crippen LogP contribution in [0.1, 0.15) is 42.5 Å². The van der Waals surface area contributed by atoms with Gasteiger partial charge in [-0.25, -0.2) is 0 Å². The van der Waals surface area contributed by atoms with E-state index in [1.54, 1.807) is 25.3 Å². The molecule has 0 radical (unpaired) electrons. The van der Waals surface area contributed by atoms with E-state index in [4.69, 9.17) is 14.2 Å². The molecule has 1 saturated heterocycles. The van der Waals surface area contributed by atoms with Gasteiger partial charge in [-0.15, -0.1) is 0 Å². The summed E-state index contributed by atoms with van der Waals surface area (Å²) in [6.07, 6.45) is 5.41. The lowest BCUT2D eigenvalue weighted by molar-refractivity contribution is -0.129. The molecule has 2 aliphatic heterocycles. The molecule has 4 rings (SSSR count). The van der Waals surface area contributed by atoms with Crippen molar-refractivity contribution in [2.24, 2.45) is 5.92 Å². The summed E-state index contributed by atoms with van der Waals surface area (Å²) in [4.78, 5) is 30.2. The Hall–Kier alpha value is -2.32. The first-order chi connectivity index (χ1) is 15.2. The third-order valence-electron chi connectivity index (χ3n) is 6.55. The summed E-state index contributed by atoms with van der Waals surface area (Å²) in [5.74, 6) is 1.82. The number of methoxy groups -OCH3 is 1. The predicted molar refractivity (Wildman–Crippen MR) is 115 cm³/mol.